The van der Waals surface area contributed by atoms with E-state index in [2.05, 4.69) is 30.8 Å². The Bertz CT molecular complexity index is 456. The lowest BCUT2D eigenvalue weighted by molar-refractivity contribution is -0.133. The van der Waals surface area contributed by atoms with Gasteiger partial charge >= 0.3 is 0 Å². The second-order valence-electron chi connectivity index (χ2n) is 5.28. The van der Waals surface area contributed by atoms with E-state index in [1.807, 2.05) is 18.7 Å². The molecule has 1 saturated heterocycles. The first-order chi connectivity index (χ1) is 9.49. The molecule has 7 heteroatoms. The predicted octanol–water partition coefficient (Wildman–Crippen LogP) is 0.871. The number of halogens is 1. The normalized spacial score (nSPS) is 17.4. The van der Waals surface area contributed by atoms with Crippen LogP contribution in [0.3, 0.4) is 0 Å². The largest absolute Gasteiger partial charge is 0.338 e. The molecule has 2 heterocycles. The standard InChI is InChI=1S/C13H20BrN5O/c1-9(2)11(15)12(20)18-3-5-19(6-4-18)13-16-7-10(14)8-17-13/h7-9,11H,3-6,15H2,1-2H3. The number of piperazine rings is 1. The summed E-state index contributed by atoms with van der Waals surface area (Å²) in [6.45, 7) is 6.73. The van der Waals surface area contributed by atoms with Gasteiger partial charge in [-0.25, -0.2) is 9.97 Å². The van der Waals surface area contributed by atoms with Crippen molar-refractivity contribution in [2.45, 2.75) is 19.9 Å². The van der Waals surface area contributed by atoms with E-state index in [1.165, 1.54) is 0 Å². The monoisotopic (exact) mass is 341 g/mol. The summed E-state index contributed by atoms with van der Waals surface area (Å²) in [4.78, 5) is 24.6. The fourth-order valence-corrected chi connectivity index (χ4v) is 2.30. The van der Waals surface area contributed by atoms with Crippen molar-refractivity contribution in [2.24, 2.45) is 11.7 Å². The molecule has 0 radical (unpaired) electrons. The van der Waals surface area contributed by atoms with Crippen LogP contribution in [0.25, 0.3) is 0 Å². The molecular formula is C13H20BrN5O. The summed E-state index contributed by atoms with van der Waals surface area (Å²) in [6.07, 6.45) is 3.46. The number of aromatic nitrogens is 2. The molecule has 0 saturated carbocycles. The molecule has 0 aliphatic carbocycles. The van der Waals surface area contributed by atoms with Crippen molar-refractivity contribution in [2.75, 3.05) is 31.1 Å². The second-order valence-corrected chi connectivity index (χ2v) is 6.20. The summed E-state index contributed by atoms with van der Waals surface area (Å²) in [5, 5.41) is 0. The fraction of sp³-hybridized carbons (Fsp3) is 0.615. The number of nitrogens with two attached hydrogens (primary N) is 1. The molecule has 2 N–H and O–H groups in total. The van der Waals surface area contributed by atoms with Gasteiger partial charge in [-0.2, -0.15) is 0 Å². The Morgan fingerprint density at radius 2 is 1.80 bits per heavy atom. The van der Waals surface area contributed by atoms with Gasteiger partial charge in [0, 0.05) is 38.6 Å². The van der Waals surface area contributed by atoms with Crippen molar-refractivity contribution in [1.82, 2.24) is 14.9 Å². The van der Waals surface area contributed by atoms with Gasteiger partial charge in [-0.1, -0.05) is 13.8 Å². The lowest BCUT2D eigenvalue weighted by atomic mass is 10.0. The molecule has 1 aliphatic rings. The average molecular weight is 342 g/mol. The maximum Gasteiger partial charge on any atom is 0.239 e. The zero-order valence-electron chi connectivity index (χ0n) is 11.8. The second kappa shape index (κ2) is 6.49. The maximum absolute atomic E-state index is 12.2. The van der Waals surface area contributed by atoms with Crippen LogP contribution in [-0.4, -0.2) is 53.0 Å². The first kappa shape index (κ1) is 15.2. The first-order valence-electron chi connectivity index (χ1n) is 6.76. The van der Waals surface area contributed by atoms with Crippen LogP contribution in [0.2, 0.25) is 0 Å². The molecule has 2 rings (SSSR count). The molecular weight excluding hydrogens is 322 g/mol. The SMILES string of the molecule is CC(C)C(N)C(=O)N1CCN(c2ncc(Br)cn2)CC1. The summed E-state index contributed by atoms with van der Waals surface area (Å²) in [6, 6.07) is -0.412. The van der Waals surface area contributed by atoms with Crippen LogP contribution in [0.5, 0.6) is 0 Å². The summed E-state index contributed by atoms with van der Waals surface area (Å²) < 4.78 is 0.859. The van der Waals surface area contributed by atoms with E-state index >= 15 is 0 Å². The number of anilines is 1. The minimum absolute atomic E-state index is 0.0383. The third-order valence-corrected chi connectivity index (χ3v) is 3.89. The summed E-state index contributed by atoms with van der Waals surface area (Å²) in [5.41, 5.74) is 5.92. The summed E-state index contributed by atoms with van der Waals surface area (Å²) in [5.74, 6) is 0.903. The Hall–Kier alpha value is -1.21. The zero-order chi connectivity index (χ0) is 14.7. The molecule has 110 valence electrons. The molecule has 20 heavy (non-hydrogen) atoms. The van der Waals surface area contributed by atoms with E-state index in [1.54, 1.807) is 12.4 Å². The Balaban J connectivity index is 1.92. The van der Waals surface area contributed by atoms with Crippen molar-refractivity contribution in [3.63, 3.8) is 0 Å². The zero-order valence-corrected chi connectivity index (χ0v) is 13.4. The van der Waals surface area contributed by atoms with Gasteiger partial charge in [0.15, 0.2) is 0 Å². The number of nitrogens with zero attached hydrogens (tertiary/aromatic N) is 4. The van der Waals surface area contributed by atoms with Gasteiger partial charge in [-0.15, -0.1) is 0 Å². The highest BCUT2D eigenvalue weighted by atomic mass is 79.9. The molecule has 0 aromatic carbocycles. The van der Waals surface area contributed by atoms with Crippen molar-refractivity contribution in [3.05, 3.63) is 16.9 Å². The molecule has 0 bridgehead atoms. The fourth-order valence-electron chi connectivity index (χ4n) is 2.09. The minimum atomic E-state index is -0.412. The predicted molar refractivity (Wildman–Crippen MR) is 81.3 cm³/mol. The van der Waals surface area contributed by atoms with E-state index in [9.17, 15) is 4.79 Å². The van der Waals surface area contributed by atoms with Gasteiger partial charge in [0.2, 0.25) is 11.9 Å². The lowest BCUT2D eigenvalue weighted by Crippen LogP contribution is -2.54. The van der Waals surface area contributed by atoms with E-state index < -0.39 is 6.04 Å². The van der Waals surface area contributed by atoms with Crippen LogP contribution < -0.4 is 10.6 Å². The molecule has 1 fully saturated rings. The van der Waals surface area contributed by atoms with Crippen LogP contribution in [0.1, 0.15) is 13.8 Å². The Kier molecular flexibility index (Phi) is 4.93. The smallest absolute Gasteiger partial charge is 0.239 e. The lowest BCUT2D eigenvalue weighted by Gasteiger charge is -2.36. The van der Waals surface area contributed by atoms with Crippen molar-refractivity contribution in [3.8, 4) is 0 Å². The van der Waals surface area contributed by atoms with Gasteiger partial charge in [-0.05, 0) is 21.8 Å². The van der Waals surface area contributed by atoms with Gasteiger partial charge in [-0.3, -0.25) is 4.79 Å². The third kappa shape index (κ3) is 3.46. The molecule has 6 nitrogen and oxygen atoms in total. The van der Waals surface area contributed by atoms with Crippen LogP contribution in [-0.2, 0) is 4.79 Å². The van der Waals surface area contributed by atoms with Gasteiger partial charge < -0.3 is 15.5 Å². The first-order valence-corrected chi connectivity index (χ1v) is 7.55. The third-order valence-electron chi connectivity index (χ3n) is 3.48. The van der Waals surface area contributed by atoms with E-state index in [0.717, 1.165) is 17.6 Å². The Labute approximate surface area is 127 Å². The Morgan fingerprint density at radius 3 is 2.30 bits per heavy atom. The summed E-state index contributed by atoms with van der Waals surface area (Å²) in [7, 11) is 0. The molecule has 1 aromatic heterocycles. The topological polar surface area (TPSA) is 75.4 Å². The van der Waals surface area contributed by atoms with E-state index in [4.69, 9.17) is 5.73 Å². The number of rotatable bonds is 3. The molecule has 0 spiro atoms. The van der Waals surface area contributed by atoms with Crippen molar-refractivity contribution in [1.29, 1.82) is 0 Å². The van der Waals surface area contributed by atoms with Gasteiger partial charge in [0.25, 0.3) is 0 Å². The van der Waals surface area contributed by atoms with E-state index in [0.29, 0.717) is 19.0 Å². The molecule has 1 unspecified atom stereocenters. The molecule has 1 aromatic rings. The van der Waals surface area contributed by atoms with Crippen LogP contribution in [0.15, 0.2) is 16.9 Å². The van der Waals surface area contributed by atoms with Crippen molar-refractivity contribution < 1.29 is 4.79 Å². The number of amides is 1. The van der Waals surface area contributed by atoms with Crippen molar-refractivity contribution >= 4 is 27.8 Å². The summed E-state index contributed by atoms with van der Waals surface area (Å²) >= 11 is 3.32. The highest BCUT2D eigenvalue weighted by molar-refractivity contribution is 9.10. The van der Waals surface area contributed by atoms with Crippen LogP contribution in [0.4, 0.5) is 5.95 Å². The number of hydrogen-bond donors (Lipinski definition) is 1. The van der Waals surface area contributed by atoms with E-state index in [-0.39, 0.29) is 11.8 Å². The van der Waals surface area contributed by atoms with Crippen LogP contribution in [0, 0.1) is 5.92 Å². The number of carbonyl (C=O) groups is 1. The molecule has 1 aliphatic heterocycles. The molecule has 1 atom stereocenters. The Morgan fingerprint density at radius 1 is 1.25 bits per heavy atom. The highest BCUT2D eigenvalue weighted by Gasteiger charge is 2.27. The number of hydrogen-bond acceptors (Lipinski definition) is 5. The van der Waals surface area contributed by atoms with Crippen LogP contribution >= 0.6 is 15.9 Å². The number of carbonyl (C=O) groups excluding carboxylic acids is 1. The average Bonchev–Trinajstić information content (AvgIpc) is 2.46. The van der Waals surface area contributed by atoms with Gasteiger partial charge in [0.1, 0.15) is 0 Å². The minimum Gasteiger partial charge on any atom is -0.338 e. The maximum atomic E-state index is 12.2. The quantitative estimate of drug-likeness (QED) is 0.882. The highest BCUT2D eigenvalue weighted by Crippen LogP contribution is 2.14. The van der Waals surface area contributed by atoms with Gasteiger partial charge in [0.05, 0.1) is 10.5 Å². The molecule has 1 amide bonds.